The summed E-state index contributed by atoms with van der Waals surface area (Å²) in [5, 5.41) is 12.0. The van der Waals surface area contributed by atoms with Gasteiger partial charge in [0.1, 0.15) is 0 Å². The summed E-state index contributed by atoms with van der Waals surface area (Å²) in [6.07, 6.45) is 1.62. The Morgan fingerprint density at radius 2 is 2.11 bits per heavy atom. The number of nitrogens with zero attached hydrogens (tertiary/aromatic N) is 1. The van der Waals surface area contributed by atoms with Crippen molar-refractivity contribution in [3.8, 4) is 0 Å². The van der Waals surface area contributed by atoms with Crippen LogP contribution >= 0.6 is 0 Å². The largest absolute Gasteiger partial charge is 0.396 e. The first-order valence-electron chi connectivity index (χ1n) is 6.40. The number of nitrogens with one attached hydrogen (secondary N) is 1. The van der Waals surface area contributed by atoms with Gasteiger partial charge in [0.2, 0.25) is 0 Å². The molecule has 0 unspecified atom stereocenters. The van der Waals surface area contributed by atoms with Gasteiger partial charge >= 0.3 is 0 Å². The lowest BCUT2D eigenvalue weighted by Gasteiger charge is -2.19. The van der Waals surface area contributed by atoms with Gasteiger partial charge in [-0.15, -0.1) is 0 Å². The highest BCUT2D eigenvalue weighted by molar-refractivity contribution is 5.99. The molecular formula is C14H22N2O2. The van der Waals surface area contributed by atoms with Crippen LogP contribution in [0.1, 0.15) is 30.1 Å². The summed E-state index contributed by atoms with van der Waals surface area (Å²) in [6, 6.07) is 7.53. The van der Waals surface area contributed by atoms with Gasteiger partial charge < -0.3 is 15.3 Å². The number of rotatable bonds is 7. The van der Waals surface area contributed by atoms with E-state index in [2.05, 4.69) is 12.2 Å². The topological polar surface area (TPSA) is 52.6 Å². The second-order valence-corrected chi connectivity index (χ2v) is 4.28. The van der Waals surface area contributed by atoms with Gasteiger partial charge in [-0.3, -0.25) is 4.79 Å². The monoisotopic (exact) mass is 250 g/mol. The van der Waals surface area contributed by atoms with Gasteiger partial charge in [0.25, 0.3) is 5.91 Å². The van der Waals surface area contributed by atoms with E-state index in [9.17, 15) is 4.79 Å². The van der Waals surface area contributed by atoms with Crippen molar-refractivity contribution in [2.45, 2.75) is 19.8 Å². The molecule has 1 aromatic carbocycles. The maximum absolute atomic E-state index is 12.2. The lowest BCUT2D eigenvalue weighted by molar-refractivity contribution is 0.0787. The number of hydrogen-bond donors (Lipinski definition) is 2. The minimum absolute atomic E-state index is 0.0114. The smallest absolute Gasteiger partial charge is 0.255 e. The molecule has 0 aliphatic carbocycles. The van der Waals surface area contributed by atoms with E-state index >= 15 is 0 Å². The van der Waals surface area contributed by atoms with Crippen LogP contribution in [0.5, 0.6) is 0 Å². The number of hydrogen-bond acceptors (Lipinski definition) is 3. The van der Waals surface area contributed by atoms with Crippen LogP contribution in [0.3, 0.4) is 0 Å². The zero-order chi connectivity index (χ0) is 13.4. The van der Waals surface area contributed by atoms with E-state index in [-0.39, 0.29) is 12.5 Å². The minimum atomic E-state index is -0.0114. The number of amides is 1. The van der Waals surface area contributed by atoms with E-state index in [1.807, 2.05) is 24.3 Å². The summed E-state index contributed by atoms with van der Waals surface area (Å²) in [6.45, 7) is 3.61. The van der Waals surface area contributed by atoms with Gasteiger partial charge in [-0.1, -0.05) is 19.1 Å². The predicted molar refractivity (Wildman–Crippen MR) is 73.9 cm³/mol. The molecule has 0 spiro atoms. The molecule has 0 heterocycles. The van der Waals surface area contributed by atoms with Gasteiger partial charge in [0, 0.05) is 32.4 Å². The minimum Gasteiger partial charge on any atom is -0.396 e. The van der Waals surface area contributed by atoms with Crippen molar-refractivity contribution in [1.29, 1.82) is 0 Å². The molecule has 2 N–H and O–H groups in total. The summed E-state index contributed by atoms with van der Waals surface area (Å²) in [5.41, 5.74) is 1.56. The van der Waals surface area contributed by atoms with E-state index in [0.717, 1.165) is 18.7 Å². The molecule has 1 amide bonds. The van der Waals surface area contributed by atoms with Gasteiger partial charge in [-0.2, -0.15) is 0 Å². The predicted octanol–water partition coefficient (Wildman–Crippen LogP) is 1.96. The van der Waals surface area contributed by atoms with Crippen LogP contribution in [0, 0.1) is 0 Å². The Morgan fingerprint density at radius 3 is 2.78 bits per heavy atom. The zero-order valence-electron chi connectivity index (χ0n) is 11.1. The summed E-state index contributed by atoms with van der Waals surface area (Å²) < 4.78 is 0. The van der Waals surface area contributed by atoms with Gasteiger partial charge in [0.15, 0.2) is 0 Å². The Kier molecular flexibility index (Phi) is 6.22. The summed E-state index contributed by atoms with van der Waals surface area (Å²) >= 11 is 0. The maximum atomic E-state index is 12.2. The molecular weight excluding hydrogens is 228 g/mol. The quantitative estimate of drug-likeness (QED) is 0.778. The Morgan fingerprint density at radius 1 is 1.39 bits per heavy atom. The number of anilines is 1. The molecule has 0 aromatic heterocycles. The van der Waals surface area contributed by atoms with Crippen molar-refractivity contribution < 1.29 is 9.90 Å². The molecule has 100 valence electrons. The highest BCUT2D eigenvalue weighted by Gasteiger charge is 2.14. The fourth-order valence-corrected chi connectivity index (χ4v) is 1.70. The third kappa shape index (κ3) is 4.04. The Balaban J connectivity index is 2.77. The van der Waals surface area contributed by atoms with Crippen molar-refractivity contribution in [3.63, 3.8) is 0 Å². The van der Waals surface area contributed by atoms with E-state index in [1.54, 1.807) is 11.9 Å². The third-order valence-electron chi connectivity index (χ3n) is 2.72. The van der Waals surface area contributed by atoms with Crippen LogP contribution in [0.4, 0.5) is 5.69 Å². The first-order valence-corrected chi connectivity index (χ1v) is 6.40. The molecule has 1 rings (SSSR count). The Hall–Kier alpha value is -1.55. The molecule has 0 bridgehead atoms. The van der Waals surface area contributed by atoms with Crippen molar-refractivity contribution in [2.75, 3.05) is 32.1 Å². The molecule has 0 saturated carbocycles. The molecule has 4 heteroatoms. The summed E-state index contributed by atoms with van der Waals surface area (Å²) in [5.74, 6) is -0.0114. The average molecular weight is 250 g/mol. The molecule has 0 fully saturated rings. The van der Waals surface area contributed by atoms with Gasteiger partial charge in [-0.05, 0) is 25.0 Å². The first kappa shape index (κ1) is 14.5. The van der Waals surface area contributed by atoms with E-state index in [4.69, 9.17) is 5.11 Å². The van der Waals surface area contributed by atoms with E-state index in [0.29, 0.717) is 18.5 Å². The van der Waals surface area contributed by atoms with Crippen molar-refractivity contribution in [3.05, 3.63) is 29.8 Å². The lowest BCUT2D eigenvalue weighted by atomic mass is 10.1. The normalized spacial score (nSPS) is 10.2. The average Bonchev–Trinajstić information content (AvgIpc) is 2.42. The van der Waals surface area contributed by atoms with Crippen molar-refractivity contribution in [2.24, 2.45) is 0 Å². The molecule has 18 heavy (non-hydrogen) atoms. The maximum Gasteiger partial charge on any atom is 0.255 e. The molecule has 1 aromatic rings. The number of para-hydroxylation sites is 1. The van der Waals surface area contributed by atoms with Gasteiger partial charge in [-0.25, -0.2) is 0 Å². The summed E-state index contributed by atoms with van der Waals surface area (Å²) in [7, 11) is 1.76. The number of aliphatic hydroxyl groups is 1. The van der Waals surface area contributed by atoms with Crippen LogP contribution in [-0.2, 0) is 0 Å². The summed E-state index contributed by atoms with van der Waals surface area (Å²) in [4.78, 5) is 13.9. The zero-order valence-corrected chi connectivity index (χ0v) is 11.1. The van der Waals surface area contributed by atoms with E-state index in [1.165, 1.54) is 0 Å². The number of aliphatic hydroxyl groups excluding tert-OH is 1. The highest BCUT2D eigenvalue weighted by atomic mass is 16.3. The second-order valence-electron chi connectivity index (χ2n) is 4.28. The Labute approximate surface area is 109 Å². The molecule has 0 atom stereocenters. The van der Waals surface area contributed by atoms with Crippen LogP contribution in [-0.4, -0.2) is 42.7 Å². The van der Waals surface area contributed by atoms with Crippen molar-refractivity contribution >= 4 is 11.6 Å². The molecule has 0 saturated heterocycles. The van der Waals surface area contributed by atoms with Crippen LogP contribution in [0.15, 0.2) is 24.3 Å². The fourth-order valence-electron chi connectivity index (χ4n) is 1.70. The first-order chi connectivity index (χ1) is 8.70. The number of carbonyl (C=O) groups is 1. The lowest BCUT2D eigenvalue weighted by Crippen LogP contribution is -2.29. The van der Waals surface area contributed by atoms with Crippen molar-refractivity contribution in [1.82, 2.24) is 4.90 Å². The fraction of sp³-hybridized carbons (Fsp3) is 0.500. The molecule has 0 aliphatic rings. The molecule has 0 aliphatic heterocycles. The molecule has 0 radical (unpaired) electrons. The van der Waals surface area contributed by atoms with E-state index < -0.39 is 0 Å². The number of benzene rings is 1. The molecule has 4 nitrogen and oxygen atoms in total. The second kappa shape index (κ2) is 7.71. The van der Waals surface area contributed by atoms with Crippen LogP contribution < -0.4 is 5.32 Å². The standard InChI is InChI=1S/C14H22N2O2/c1-3-9-15-13-8-5-4-7-12(13)14(18)16(2)10-6-11-17/h4-5,7-8,15,17H,3,6,9-11H2,1-2H3. The Bertz CT molecular complexity index is 380. The SMILES string of the molecule is CCCNc1ccccc1C(=O)N(C)CCCO. The van der Waals surface area contributed by atoms with Crippen LogP contribution in [0.2, 0.25) is 0 Å². The van der Waals surface area contributed by atoms with Gasteiger partial charge in [0.05, 0.1) is 5.56 Å². The number of carbonyl (C=O) groups excluding carboxylic acids is 1. The third-order valence-corrected chi connectivity index (χ3v) is 2.72. The van der Waals surface area contributed by atoms with Crippen LogP contribution in [0.25, 0.3) is 0 Å². The highest BCUT2D eigenvalue weighted by Crippen LogP contribution is 2.16.